The molecule has 2 aliphatic rings. The molecular weight excluding hydrogens is 224 g/mol. The van der Waals surface area contributed by atoms with Gasteiger partial charge < -0.3 is 10.2 Å². The molecule has 2 rings (SSSR count). The number of likely N-dealkylation sites (N-methyl/N-ethyl adjacent to an activating group) is 1. The van der Waals surface area contributed by atoms with Gasteiger partial charge in [-0.05, 0) is 38.1 Å². The summed E-state index contributed by atoms with van der Waals surface area (Å²) in [6, 6.07) is 0.101. The maximum absolute atomic E-state index is 12.0. The quantitative estimate of drug-likeness (QED) is 0.824. The van der Waals surface area contributed by atoms with Crippen molar-refractivity contribution in [2.24, 2.45) is 5.92 Å². The van der Waals surface area contributed by atoms with E-state index in [1.54, 1.807) is 0 Å². The Morgan fingerprint density at radius 1 is 1.25 bits per heavy atom. The lowest BCUT2D eigenvalue weighted by Crippen LogP contribution is -2.48. The van der Waals surface area contributed by atoms with Crippen molar-refractivity contribution < 1.29 is 4.79 Å². The minimum Gasteiger partial charge on any atom is -0.344 e. The number of rotatable bonds is 3. The molecular formula is C12H23ClN2O. The molecule has 0 aromatic carbocycles. The fourth-order valence-corrected chi connectivity index (χ4v) is 2.48. The largest absolute Gasteiger partial charge is 0.344 e. The lowest BCUT2D eigenvalue weighted by Gasteiger charge is -2.33. The number of halogens is 1. The normalized spacial score (nSPS) is 25.4. The molecule has 16 heavy (non-hydrogen) atoms. The van der Waals surface area contributed by atoms with Crippen LogP contribution in [0.25, 0.3) is 0 Å². The molecule has 1 aliphatic heterocycles. The number of piperidine rings is 1. The Kier molecular flexibility index (Phi) is 5.56. The fourth-order valence-electron chi connectivity index (χ4n) is 2.48. The summed E-state index contributed by atoms with van der Waals surface area (Å²) in [5.41, 5.74) is 0. The van der Waals surface area contributed by atoms with Gasteiger partial charge in [-0.3, -0.25) is 4.79 Å². The van der Waals surface area contributed by atoms with Crippen LogP contribution in [-0.4, -0.2) is 37.0 Å². The van der Waals surface area contributed by atoms with Crippen LogP contribution < -0.4 is 5.32 Å². The van der Waals surface area contributed by atoms with Gasteiger partial charge >= 0.3 is 0 Å². The summed E-state index contributed by atoms with van der Waals surface area (Å²) in [4.78, 5) is 14.0. The maximum atomic E-state index is 12.0. The van der Waals surface area contributed by atoms with Crippen molar-refractivity contribution in [2.45, 2.75) is 44.6 Å². The molecule has 1 aliphatic carbocycles. The van der Waals surface area contributed by atoms with Gasteiger partial charge in [0.25, 0.3) is 0 Å². The highest BCUT2D eigenvalue weighted by Gasteiger charge is 2.26. The average Bonchev–Trinajstić information content (AvgIpc) is 2.23. The molecule has 4 heteroatoms. The van der Waals surface area contributed by atoms with Crippen LogP contribution in [-0.2, 0) is 4.79 Å². The van der Waals surface area contributed by atoms with Gasteiger partial charge in [0, 0.05) is 13.6 Å². The second-order valence-electron chi connectivity index (χ2n) is 5.02. The van der Waals surface area contributed by atoms with E-state index in [4.69, 9.17) is 0 Å². The van der Waals surface area contributed by atoms with Gasteiger partial charge in [0.15, 0.2) is 0 Å². The Balaban J connectivity index is 0.00000128. The minimum absolute atomic E-state index is 0. The van der Waals surface area contributed by atoms with E-state index >= 15 is 0 Å². The van der Waals surface area contributed by atoms with Crippen LogP contribution in [0.2, 0.25) is 0 Å². The molecule has 0 spiro atoms. The number of carbonyl (C=O) groups is 1. The zero-order chi connectivity index (χ0) is 10.7. The molecule has 3 nitrogen and oxygen atoms in total. The first-order valence-corrected chi connectivity index (χ1v) is 6.26. The molecule has 0 aromatic heterocycles. The summed E-state index contributed by atoms with van der Waals surface area (Å²) in [5, 5.41) is 3.32. The van der Waals surface area contributed by atoms with Crippen molar-refractivity contribution in [1.29, 1.82) is 0 Å². The number of carbonyl (C=O) groups excluding carboxylic acids is 1. The smallest absolute Gasteiger partial charge is 0.239 e. The van der Waals surface area contributed by atoms with Crippen molar-refractivity contribution in [1.82, 2.24) is 10.2 Å². The van der Waals surface area contributed by atoms with Crippen molar-refractivity contribution in [3.63, 3.8) is 0 Å². The number of hydrogen-bond donors (Lipinski definition) is 1. The Bertz CT molecular complexity index is 225. The summed E-state index contributed by atoms with van der Waals surface area (Å²) in [7, 11) is 1.96. The summed E-state index contributed by atoms with van der Waals surface area (Å²) in [6.45, 7) is 1.98. The molecule has 0 bridgehead atoms. The lowest BCUT2D eigenvalue weighted by atomic mass is 9.85. The van der Waals surface area contributed by atoms with Gasteiger partial charge in [-0.2, -0.15) is 0 Å². The topological polar surface area (TPSA) is 32.3 Å². The van der Waals surface area contributed by atoms with Gasteiger partial charge in [0.2, 0.25) is 5.91 Å². The number of nitrogens with zero attached hydrogens (tertiary/aromatic N) is 1. The zero-order valence-electron chi connectivity index (χ0n) is 10.1. The maximum Gasteiger partial charge on any atom is 0.239 e. The first kappa shape index (κ1) is 13.8. The first-order valence-electron chi connectivity index (χ1n) is 6.26. The van der Waals surface area contributed by atoms with Crippen molar-refractivity contribution >= 4 is 18.3 Å². The van der Waals surface area contributed by atoms with Crippen LogP contribution in [0, 0.1) is 5.92 Å². The summed E-state index contributed by atoms with van der Waals surface area (Å²) in [6.07, 6.45) is 7.42. The highest BCUT2D eigenvalue weighted by Crippen LogP contribution is 2.27. The predicted octanol–water partition coefficient (Wildman–Crippen LogP) is 1.81. The molecule has 2 fully saturated rings. The molecule has 0 radical (unpaired) electrons. The van der Waals surface area contributed by atoms with Crippen LogP contribution in [0.15, 0.2) is 0 Å². The summed E-state index contributed by atoms with van der Waals surface area (Å²) < 4.78 is 0. The van der Waals surface area contributed by atoms with Gasteiger partial charge in [0.1, 0.15) is 0 Å². The van der Waals surface area contributed by atoms with E-state index in [9.17, 15) is 4.79 Å². The summed E-state index contributed by atoms with van der Waals surface area (Å²) in [5.74, 6) is 1.09. The first-order chi connectivity index (χ1) is 7.27. The van der Waals surface area contributed by atoms with Crippen LogP contribution in [0.1, 0.15) is 38.5 Å². The minimum atomic E-state index is 0. The molecule has 1 atom stereocenters. The molecule has 1 saturated heterocycles. The van der Waals surface area contributed by atoms with Crippen molar-refractivity contribution in [3.05, 3.63) is 0 Å². The SMILES string of the molecule is CN(CC1CCC1)C(=O)C1CCCCN1.Cl. The van der Waals surface area contributed by atoms with Crippen molar-refractivity contribution in [3.8, 4) is 0 Å². The summed E-state index contributed by atoms with van der Waals surface area (Å²) >= 11 is 0. The third-order valence-electron chi connectivity index (χ3n) is 3.74. The molecule has 1 heterocycles. The van der Waals surface area contributed by atoms with E-state index in [1.165, 1.54) is 32.1 Å². The molecule has 1 unspecified atom stereocenters. The average molecular weight is 247 g/mol. The number of hydrogen-bond acceptors (Lipinski definition) is 2. The van der Waals surface area contributed by atoms with E-state index in [-0.39, 0.29) is 18.4 Å². The standard InChI is InChI=1S/C12H22N2O.ClH/c1-14(9-10-5-4-6-10)12(15)11-7-2-3-8-13-11;/h10-11,13H,2-9H2,1H3;1H. The van der Waals surface area contributed by atoms with Gasteiger partial charge in [-0.15, -0.1) is 12.4 Å². The highest BCUT2D eigenvalue weighted by molar-refractivity contribution is 5.85. The highest BCUT2D eigenvalue weighted by atomic mass is 35.5. The van der Waals surface area contributed by atoms with E-state index < -0.39 is 0 Å². The van der Waals surface area contributed by atoms with E-state index in [2.05, 4.69) is 5.32 Å². The number of amides is 1. The third kappa shape index (κ3) is 3.36. The Morgan fingerprint density at radius 2 is 2.00 bits per heavy atom. The fraction of sp³-hybridized carbons (Fsp3) is 0.917. The zero-order valence-corrected chi connectivity index (χ0v) is 10.9. The van der Waals surface area contributed by atoms with E-state index in [1.807, 2.05) is 11.9 Å². The van der Waals surface area contributed by atoms with Crippen molar-refractivity contribution in [2.75, 3.05) is 20.1 Å². The molecule has 94 valence electrons. The third-order valence-corrected chi connectivity index (χ3v) is 3.74. The lowest BCUT2D eigenvalue weighted by molar-refractivity contribution is -0.133. The molecule has 0 aromatic rings. The Labute approximate surface area is 104 Å². The van der Waals surface area contributed by atoms with Gasteiger partial charge in [0.05, 0.1) is 6.04 Å². The van der Waals surface area contributed by atoms with E-state index in [0.29, 0.717) is 5.91 Å². The Hall–Kier alpha value is -0.280. The van der Waals surface area contributed by atoms with Crippen LogP contribution in [0.4, 0.5) is 0 Å². The number of nitrogens with one attached hydrogen (secondary N) is 1. The Morgan fingerprint density at radius 3 is 2.50 bits per heavy atom. The predicted molar refractivity (Wildman–Crippen MR) is 67.9 cm³/mol. The van der Waals surface area contributed by atoms with Crippen LogP contribution in [0.5, 0.6) is 0 Å². The van der Waals surface area contributed by atoms with Crippen LogP contribution >= 0.6 is 12.4 Å². The van der Waals surface area contributed by atoms with E-state index in [0.717, 1.165) is 25.4 Å². The van der Waals surface area contributed by atoms with Crippen LogP contribution in [0.3, 0.4) is 0 Å². The van der Waals surface area contributed by atoms with Gasteiger partial charge in [-0.25, -0.2) is 0 Å². The monoisotopic (exact) mass is 246 g/mol. The molecule has 1 saturated carbocycles. The second-order valence-corrected chi connectivity index (χ2v) is 5.02. The van der Waals surface area contributed by atoms with Gasteiger partial charge in [-0.1, -0.05) is 12.8 Å². The molecule has 1 amide bonds. The molecule has 1 N–H and O–H groups in total. The second kappa shape index (κ2) is 6.45.